The molecule has 0 spiro atoms. The highest BCUT2D eigenvalue weighted by atomic mass is 16.6. The first kappa shape index (κ1) is 17.1. The zero-order valence-electron chi connectivity index (χ0n) is 14.2. The lowest BCUT2D eigenvalue weighted by Crippen LogP contribution is -2.17. The van der Waals surface area contributed by atoms with Crippen LogP contribution in [0.1, 0.15) is 5.56 Å². The Morgan fingerprint density at radius 3 is 2.71 bits per heavy atom. The molecular weight excluding hydrogens is 364 g/mol. The molecule has 2 heterocycles. The van der Waals surface area contributed by atoms with Crippen molar-refractivity contribution in [3.63, 3.8) is 0 Å². The molecule has 0 unspecified atom stereocenters. The Labute approximate surface area is 156 Å². The van der Waals surface area contributed by atoms with Crippen molar-refractivity contribution in [2.75, 3.05) is 0 Å². The lowest BCUT2D eigenvalue weighted by Gasteiger charge is -2.03. The summed E-state index contributed by atoms with van der Waals surface area (Å²) in [5, 5.41) is 29.1. The van der Waals surface area contributed by atoms with Crippen LogP contribution in [0.15, 0.2) is 71.0 Å². The predicted octanol–water partition coefficient (Wildman–Crippen LogP) is 2.08. The van der Waals surface area contributed by atoms with E-state index >= 15 is 0 Å². The number of phenolic OH excluding ortho intramolecular Hbond substituents is 1. The van der Waals surface area contributed by atoms with E-state index in [1.165, 1.54) is 29.3 Å². The summed E-state index contributed by atoms with van der Waals surface area (Å²) >= 11 is 0. The van der Waals surface area contributed by atoms with Crippen molar-refractivity contribution in [3.8, 4) is 11.4 Å². The molecule has 0 atom stereocenters. The van der Waals surface area contributed by atoms with Gasteiger partial charge in [0.25, 0.3) is 11.2 Å². The Bertz CT molecular complexity index is 1280. The number of rotatable bonds is 4. The van der Waals surface area contributed by atoms with Gasteiger partial charge < -0.3 is 5.11 Å². The number of para-hydroxylation sites is 1. The van der Waals surface area contributed by atoms with E-state index < -0.39 is 10.5 Å². The molecule has 138 valence electrons. The molecule has 2 aromatic carbocycles. The number of benzene rings is 2. The second kappa shape index (κ2) is 6.76. The number of fused-ring (bicyclic) bond motifs is 1. The minimum absolute atomic E-state index is 0.0983. The molecule has 0 radical (unpaired) electrons. The number of hydrogen-bond donors (Lipinski definition) is 1. The number of hydrogen-bond acceptors (Lipinski definition) is 7. The molecule has 2 aromatic heterocycles. The van der Waals surface area contributed by atoms with E-state index in [1.807, 2.05) is 30.3 Å². The third kappa shape index (κ3) is 2.98. The summed E-state index contributed by atoms with van der Waals surface area (Å²) < 4.78 is 2.51. The van der Waals surface area contributed by atoms with E-state index in [9.17, 15) is 20.0 Å². The topological polar surface area (TPSA) is 128 Å². The number of nitrogens with zero attached hydrogens (tertiary/aromatic N) is 6. The van der Waals surface area contributed by atoms with Gasteiger partial charge in [0.2, 0.25) is 0 Å². The molecule has 10 heteroatoms. The zero-order valence-corrected chi connectivity index (χ0v) is 14.2. The van der Waals surface area contributed by atoms with E-state index in [4.69, 9.17) is 0 Å². The average Bonchev–Trinajstić information content (AvgIpc) is 3.14. The molecule has 0 aliphatic rings. The Morgan fingerprint density at radius 1 is 1.18 bits per heavy atom. The van der Waals surface area contributed by atoms with E-state index in [0.717, 1.165) is 22.6 Å². The van der Waals surface area contributed by atoms with E-state index in [-0.39, 0.29) is 22.4 Å². The number of nitro groups is 1. The molecule has 0 aliphatic carbocycles. The lowest BCUT2D eigenvalue weighted by molar-refractivity contribution is -0.384. The molecule has 10 nitrogen and oxygen atoms in total. The summed E-state index contributed by atoms with van der Waals surface area (Å²) in [5.41, 5.74) is 0.562. The van der Waals surface area contributed by atoms with Gasteiger partial charge >= 0.3 is 0 Å². The van der Waals surface area contributed by atoms with Crippen molar-refractivity contribution in [1.82, 2.24) is 19.4 Å². The monoisotopic (exact) mass is 376 g/mol. The van der Waals surface area contributed by atoms with Gasteiger partial charge in [-0.1, -0.05) is 18.2 Å². The van der Waals surface area contributed by atoms with Crippen LogP contribution in [-0.2, 0) is 0 Å². The molecule has 0 amide bonds. The van der Waals surface area contributed by atoms with Gasteiger partial charge in [0, 0.05) is 17.7 Å². The summed E-state index contributed by atoms with van der Waals surface area (Å²) in [6.45, 7) is 0. The van der Waals surface area contributed by atoms with E-state index in [0.29, 0.717) is 5.65 Å². The SMILES string of the molecule is O=c1c2cnn(-c3ccccc3)c2ncn1/N=C/c1cc([N+](=O)[O-])ccc1O. The van der Waals surface area contributed by atoms with Crippen LogP contribution < -0.4 is 5.56 Å². The molecular formula is C18H12N6O4. The quantitative estimate of drug-likeness (QED) is 0.330. The number of non-ortho nitro benzene ring substituents is 1. The highest BCUT2D eigenvalue weighted by Gasteiger charge is 2.12. The third-order valence-electron chi connectivity index (χ3n) is 4.02. The standard InChI is InChI=1S/C18H12N6O4/c25-16-7-6-14(24(27)28)8-12(16)9-20-22-11-19-17-15(18(22)26)10-21-23(17)13-4-2-1-3-5-13/h1-11,25H/b20-9+. The Hall–Kier alpha value is -4.34. The molecule has 28 heavy (non-hydrogen) atoms. The summed E-state index contributed by atoms with van der Waals surface area (Å²) in [4.78, 5) is 27.2. The highest BCUT2D eigenvalue weighted by molar-refractivity contribution is 5.84. The smallest absolute Gasteiger partial charge is 0.285 e. The zero-order chi connectivity index (χ0) is 19.7. The number of aromatic hydroxyl groups is 1. The maximum absolute atomic E-state index is 12.6. The van der Waals surface area contributed by atoms with Crippen molar-refractivity contribution in [2.24, 2.45) is 5.10 Å². The summed E-state index contributed by atoms with van der Waals surface area (Å²) in [5.74, 6) is -0.201. The Morgan fingerprint density at radius 2 is 1.96 bits per heavy atom. The van der Waals surface area contributed by atoms with Crippen LogP contribution in [0.4, 0.5) is 5.69 Å². The third-order valence-corrected chi connectivity index (χ3v) is 4.02. The van der Waals surface area contributed by atoms with Crippen molar-refractivity contribution in [3.05, 3.63) is 87.1 Å². The maximum Gasteiger partial charge on any atom is 0.285 e. The Balaban J connectivity index is 1.74. The highest BCUT2D eigenvalue weighted by Crippen LogP contribution is 2.21. The van der Waals surface area contributed by atoms with Gasteiger partial charge in [-0.25, -0.2) is 9.67 Å². The minimum Gasteiger partial charge on any atom is -0.507 e. The van der Waals surface area contributed by atoms with Crippen molar-refractivity contribution < 1.29 is 10.0 Å². The first-order chi connectivity index (χ1) is 13.5. The normalized spacial score (nSPS) is 11.3. The fourth-order valence-corrected chi connectivity index (χ4v) is 2.63. The van der Waals surface area contributed by atoms with Crippen LogP contribution in [0.3, 0.4) is 0 Å². The van der Waals surface area contributed by atoms with Gasteiger partial charge in [0.1, 0.15) is 17.5 Å². The predicted molar refractivity (Wildman–Crippen MR) is 101 cm³/mol. The van der Waals surface area contributed by atoms with Crippen LogP contribution >= 0.6 is 0 Å². The van der Waals surface area contributed by atoms with Crippen molar-refractivity contribution >= 4 is 22.9 Å². The van der Waals surface area contributed by atoms with Crippen molar-refractivity contribution in [1.29, 1.82) is 0 Å². The second-order valence-corrected chi connectivity index (χ2v) is 5.77. The fourth-order valence-electron chi connectivity index (χ4n) is 2.63. The number of phenols is 1. The summed E-state index contributed by atoms with van der Waals surface area (Å²) in [7, 11) is 0. The summed E-state index contributed by atoms with van der Waals surface area (Å²) in [6, 6.07) is 12.8. The Kier molecular flexibility index (Phi) is 4.13. The van der Waals surface area contributed by atoms with Gasteiger partial charge in [0.15, 0.2) is 5.65 Å². The molecule has 1 N–H and O–H groups in total. The lowest BCUT2D eigenvalue weighted by atomic mass is 10.2. The fraction of sp³-hybridized carbons (Fsp3) is 0. The van der Waals surface area contributed by atoms with Crippen LogP contribution in [0, 0.1) is 10.1 Å². The maximum atomic E-state index is 12.6. The van der Waals surface area contributed by atoms with E-state index in [1.54, 1.807) is 0 Å². The number of nitro benzene ring substituents is 1. The number of aromatic nitrogens is 4. The van der Waals surface area contributed by atoms with Gasteiger partial charge in [-0.3, -0.25) is 14.9 Å². The molecule has 0 saturated heterocycles. The molecule has 0 fully saturated rings. The van der Waals surface area contributed by atoms with Gasteiger partial charge in [-0.05, 0) is 18.2 Å². The average molecular weight is 376 g/mol. The summed E-state index contributed by atoms with van der Waals surface area (Å²) in [6.07, 6.45) is 3.77. The van der Waals surface area contributed by atoms with E-state index in [2.05, 4.69) is 15.2 Å². The van der Waals surface area contributed by atoms with Gasteiger partial charge in [-0.2, -0.15) is 14.9 Å². The van der Waals surface area contributed by atoms with Crippen LogP contribution in [-0.4, -0.2) is 35.7 Å². The van der Waals surface area contributed by atoms with Gasteiger partial charge in [-0.15, -0.1) is 0 Å². The second-order valence-electron chi connectivity index (χ2n) is 5.77. The largest absolute Gasteiger partial charge is 0.507 e. The minimum atomic E-state index is -0.589. The van der Waals surface area contributed by atoms with Crippen molar-refractivity contribution in [2.45, 2.75) is 0 Å². The van der Waals surface area contributed by atoms with Gasteiger partial charge in [0.05, 0.1) is 23.0 Å². The van der Waals surface area contributed by atoms with Crippen LogP contribution in [0.2, 0.25) is 0 Å². The first-order valence-electron chi connectivity index (χ1n) is 8.07. The van der Waals surface area contributed by atoms with Crippen LogP contribution in [0.5, 0.6) is 5.75 Å². The molecule has 0 aliphatic heterocycles. The molecule has 4 rings (SSSR count). The molecule has 0 saturated carbocycles. The first-order valence-corrected chi connectivity index (χ1v) is 8.07. The molecule has 0 bridgehead atoms. The molecule has 4 aromatic rings. The van der Waals surface area contributed by atoms with Crippen LogP contribution in [0.25, 0.3) is 16.7 Å².